The molecule has 1 aliphatic carbocycles. The molecule has 0 aromatic heterocycles. The van der Waals surface area contributed by atoms with Crippen molar-refractivity contribution in [3.05, 3.63) is 23.3 Å². The zero-order valence-electron chi connectivity index (χ0n) is 7.43. The molecule has 0 aliphatic heterocycles. The number of hydrogen-bond donors (Lipinski definition) is 0. The van der Waals surface area contributed by atoms with E-state index in [9.17, 15) is 13.2 Å². The molecule has 0 fully saturated rings. The van der Waals surface area contributed by atoms with E-state index in [1.54, 1.807) is 19.9 Å². The molecule has 0 spiro atoms. The van der Waals surface area contributed by atoms with Gasteiger partial charge in [0.1, 0.15) is 12.3 Å². The van der Waals surface area contributed by atoms with E-state index >= 15 is 0 Å². The van der Waals surface area contributed by atoms with Crippen molar-refractivity contribution in [3.8, 4) is 0 Å². The minimum Gasteiger partial charge on any atom is -0.312 e. The van der Waals surface area contributed by atoms with E-state index in [1.165, 1.54) is 6.08 Å². The molecule has 0 N–H and O–H groups in total. The van der Waals surface area contributed by atoms with Crippen LogP contribution in [0.15, 0.2) is 23.3 Å². The van der Waals surface area contributed by atoms with Gasteiger partial charge in [0.15, 0.2) is 0 Å². The summed E-state index contributed by atoms with van der Waals surface area (Å²) in [6, 6.07) is 0. The zero-order valence-corrected chi connectivity index (χ0v) is 7.43. The van der Waals surface area contributed by atoms with Crippen molar-refractivity contribution in [1.82, 2.24) is 0 Å². The lowest BCUT2D eigenvalue weighted by Gasteiger charge is -2.23. The summed E-state index contributed by atoms with van der Waals surface area (Å²) in [5.41, 5.74) is 1.23. The molecule has 0 aromatic carbocycles. The van der Waals surface area contributed by atoms with Crippen molar-refractivity contribution < 1.29 is 17.9 Å². The summed E-state index contributed by atoms with van der Waals surface area (Å²) < 4.78 is 40.9. The van der Waals surface area contributed by atoms with Crippen molar-refractivity contribution in [3.63, 3.8) is 0 Å². The molecule has 0 aromatic rings. The van der Waals surface area contributed by atoms with Crippen LogP contribution in [0, 0.1) is 0 Å². The van der Waals surface area contributed by atoms with Gasteiger partial charge in [0.25, 0.3) is 0 Å². The first-order valence-corrected chi connectivity index (χ1v) is 3.95. The lowest BCUT2D eigenvalue weighted by atomic mass is 9.97. The van der Waals surface area contributed by atoms with Gasteiger partial charge in [0.05, 0.1) is 0 Å². The SMILES string of the molecule is CC1=CC(F)C(OC(F)F)C(C)=C1. The first-order valence-electron chi connectivity index (χ1n) is 3.95. The second-order valence-electron chi connectivity index (χ2n) is 3.06. The first-order chi connectivity index (χ1) is 6.00. The molecular formula is C9H11F3O. The highest BCUT2D eigenvalue weighted by molar-refractivity contribution is 5.31. The van der Waals surface area contributed by atoms with E-state index < -0.39 is 18.9 Å². The fourth-order valence-corrected chi connectivity index (χ4v) is 1.37. The second kappa shape index (κ2) is 3.96. The average molecular weight is 192 g/mol. The van der Waals surface area contributed by atoms with E-state index in [0.29, 0.717) is 5.57 Å². The average Bonchev–Trinajstić information content (AvgIpc) is 1.96. The van der Waals surface area contributed by atoms with Crippen LogP contribution in [-0.4, -0.2) is 18.9 Å². The lowest BCUT2D eigenvalue weighted by Crippen LogP contribution is -2.29. The Morgan fingerprint density at radius 2 is 2.00 bits per heavy atom. The molecule has 4 heteroatoms. The molecule has 13 heavy (non-hydrogen) atoms. The van der Waals surface area contributed by atoms with E-state index in [1.807, 2.05) is 0 Å². The van der Waals surface area contributed by atoms with E-state index in [-0.39, 0.29) is 0 Å². The molecule has 0 radical (unpaired) electrons. The lowest BCUT2D eigenvalue weighted by molar-refractivity contribution is -0.163. The number of alkyl halides is 3. The number of rotatable bonds is 2. The standard InChI is InChI=1S/C9H11F3O/c1-5-3-6(2)8(7(10)4-5)13-9(11)12/h3-4,7-9H,1-2H3. The van der Waals surface area contributed by atoms with Crippen LogP contribution in [0.1, 0.15) is 13.8 Å². The fourth-order valence-electron chi connectivity index (χ4n) is 1.37. The van der Waals surface area contributed by atoms with Crippen molar-refractivity contribution in [1.29, 1.82) is 0 Å². The summed E-state index contributed by atoms with van der Waals surface area (Å²) in [4.78, 5) is 0. The highest BCUT2D eigenvalue weighted by atomic mass is 19.3. The molecule has 1 nitrogen and oxygen atoms in total. The van der Waals surface area contributed by atoms with Gasteiger partial charge >= 0.3 is 6.61 Å². The predicted molar refractivity (Wildman–Crippen MR) is 43.3 cm³/mol. The number of hydrogen-bond acceptors (Lipinski definition) is 1. The maximum atomic E-state index is 13.1. The molecule has 0 amide bonds. The molecule has 2 unspecified atom stereocenters. The largest absolute Gasteiger partial charge is 0.345 e. The summed E-state index contributed by atoms with van der Waals surface area (Å²) in [5.74, 6) is 0. The third-order valence-corrected chi connectivity index (χ3v) is 1.86. The normalized spacial score (nSPS) is 28.8. The van der Waals surface area contributed by atoms with Crippen LogP contribution in [0.4, 0.5) is 13.2 Å². The number of halogens is 3. The van der Waals surface area contributed by atoms with Crippen molar-refractivity contribution in [2.75, 3.05) is 0 Å². The van der Waals surface area contributed by atoms with Gasteiger partial charge in [-0.15, -0.1) is 0 Å². The Hall–Kier alpha value is -0.770. The Morgan fingerprint density at radius 1 is 1.38 bits per heavy atom. The Labute approximate surface area is 74.9 Å². The molecule has 0 heterocycles. The summed E-state index contributed by atoms with van der Waals surface area (Å²) in [5, 5.41) is 0. The van der Waals surface area contributed by atoms with Crippen LogP contribution in [-0.2, 0) is 4.74 Å². The van der Waals surface area contributed by atoms with Crippen molar-refractivity contribution in [2.24, 2.45) is 0 Å². The maximum absolute atomic E-state index is 13.1. The van der Waals surface area contributed by atoms with Crippen LogP contribution >= 0.6 is 0 Å². The van der Waals surface area contributed by atoms with Crippen molar-refractivity contribution >= 4 is 0 Å². The van der Waals surface area contributed by atoms with Crippen LogP contribution < -0.4 is 0 Å². The quantitative estimate of drug-likeness (QED) is 0.653. The van der Waals surface area contributed by atoms with E-state index in [4.69, 9.17) is 0 Å². The summed E-state index contributed by atoms with van der Waals surface area (Å²) in [7, 11) is 0. The van der Waals surface area contributed by atoms with Crippen LogP contribution in [0.2, 0.25) is 0 Å². The van der Waals surface area contributed by atoms with Gasteiger partial charge in [0.2, 0.25) is 0 Å². The number of allylic oxidation sites excluding steroid dienone is 2. The molecule has 2 atom stereocenters. The number of ether oxygens (including phenoxy) is 1. The zero-order chi connectivity index (χ0) is 10.0. The highest BCUT2D eigenvalue weighted by Gasteiger charge is 2.27. The van der Waals surface area contributed by atoms with Crippen LogP contribution in [0.5, 0.6) is 0 Å². The Kier molecular flexibility index (Phi) is 3.14. The first kappa shape index (κ1) is 10.3. The van der Waals surface area contributed by atoms with Gasteiger partial charge in [-0.1, -0.05) is 11.6 Å². The van der Waals surface area contributed by atoms with Gasteiger partial charge in [-0.05, 0) is 25.5 Å². The van der Waals surface area contributed by atoms with Gasteiger partial charge in [-0.25, -0.2) is 4.39 Å². The minimum atomic E-state index is -2.93. The van der Waals surface area contributed by atoms with E-state index in [0.717, 1.165) is 5.57 Å². The van der Waals surface area contributed by atoms with Gasteiger partial charge < -0.3 is 4.74 Å². The Morgan fingerprint density at radius 3 is 2.46 bits per heavy atom. The molecule has 0 saturated carbocycles. The fraction of sp³-hybridized carbons (Fsp3) is 0.556. The minimum absolute atomic E-state index is 0.493. The summed E-state index contributed by atoms with van der Waals surface area (Å²) in [6.45, 7) is 0.364. The molecule has 1 rings (SSSR count). The second-order valence-corrected chi connectivity index (χ2v) is 3.06. The molecule has 1 aliphatic rings. The smallest absolute Gasteiger partial charge is 0.312 e. The third-order valence-electron chi connectivity index (χ3n) is 1.86. The molecule has 74 valence electrons. The highest BCUT2D eigenvalue weighted by Crippen LogP contribution is 2.24. The Bertz CT molecular complexity index is 245. The van der Waals surface area contributed by atoms with Crippen LogP contribution in [0.3, 0.4) is 0 Å². The molecule has 0 saturated heterocycles. The monoisotopic (exact) mass is 192 g/mol. The maximum Gasteiger partial charge on any atom is 0.345 e. The predicted octanol–water partition coefficient (Wildman–Crippen LogP) is 2.84. The van der Waals surface area contributed by atoms with Crippen molar-refractivity contribution in [2.45, 2.75) is 32.7 Å². The molecule has 0 bridgehead atoms. The van der Waals surface area contributed by atoms with E-state index in [2.05, 4.69) is 4.74 Å². The third kappa shape index (κ3) is 2.59. The van der Waals surface area contributed by atoms with Crippen LogP contribution in [0.25, 0.3) is 0 Å². The van der Waals surface area contributed by atoms with Gasteiger partial charge in [-0.3, -0.25) is 0 Å². The summed E-state index contributed by atoms with van der Waals surface area (Å²) >= 11 is 0. The topological polar surface area (TPSA) is 9.23 Å². The Balaban J connectivity index is 2.72. The van der Waals surface area contributed by atoms with Gasteiger partial charge in [0, 0.05) is 0 Å². The van der Waals surface area contributed by atoms with Gasteiger partial charge in [-0.2, -0.15) is 8.78 Å². The summed E-state index contributed by atoms with van der Waals surface area (Å²) in [6.07, 6.45) is 0.311. The molecular weight excluding hydrogens is 181 g/mol.